The lowest BCUT2D eigenvalue weighted by atomic mass is 9.64. The SMILES string of the molecule is CC(=O)c1cccc2c1OB(O)[C@@H](CC(=O)Cn1nnc(CO)c1CO)C2. The first-order valence-electron chi connectivity index (χ1n) is 8.56. The number of Topliss-reactive ketones (excluding diaryl/α,β-unsaturated/α-hetero) is 2. The minimum Gasteiger partial charge on any atom is -0.535 e. The molecule has 10 heteroatoms. The van der Waals surface area contributed by atoms with Gasteiger partial charge in [0.05, 0.1) is 24.5 Å². The highest BCUT2D eigenvalue weighted by Crippen LogP contribution is 2.36. The Bertz CT molecular complexity index is 868. The molecule has 0 unspecified atom stereocenters. The Labute approximate surface area is 155 Å². The number of aromatic nitrogens is 3. The van der Waals surface area contributed by atoms with Crippen molar-refractivity contribution in [1.29, 1.82) is 0 Å². The molecular weight excluding hydrogens is 353 g/mol. The van der Waals surface area contributed by atoms with E-state index in [0.29, 0.717) is 17.7 Å². The second-order valence-electron chi connectivity index (χ2n) is 6.52. The number of hydrogen-bond donors (Lipinski definition) is 3. The third-order valence-electron chi connectivity index (χ3n) is 4.63. The van der Waals surface area contributed by atoms with Crippen LogP contribution in [0.1, 0.15) is 40.7 Å². The Morgan fingerprint density at radius 2 is 2.11 bits per heavy atom. The van der Waals surface area contributed by atoms with E-state index in [2.05, 4.69) is 10.3 Å². The molecule has 1 atom stereocenters. The van der Waals surface area contributed by atoms with Crippen LogP contribution in [0.5, 0.6) is 5.75 Å². The molecule has 0 spiro atoms. The molecule has 0 fully saturated rings. The normalized spacial score (nSPS) is 16.0. The number of benzene rings is 1. The van der Waals surface area contributed by atoms with E-state index in [1.54, 1.807) is 18.2 Å². The molecule has 2 heterocycles. The van der Waals surface area contributed by atoms with E-state index >= 15 is 0 Å². The van der Waals surface area contributed by atoms with Gasteiger partial charge in [-0.25, -0.2) is 4.68 Å². The van der Waals surface area contributed by atoms with Gasteiger partial charge in [0, 0.05) is 12.2 Å². The number of fused-ring (bicyclic) bond motifs is 1. The lowest BCUT2D eigenvalue weighted by molar-refractivity contribution is -0.120. The van der Waals surface area contributed by atoms with Crippen LogP contribution < -0.4 is 4.65 Å². The number of ketones is 2. The predicted molar refractivity (Wildman–Crippen MR) is 94.0 cm³/mol. The first kappa shape index (κ1) is 19.2. The topological polar surface area (TPSA) is 135 Å². The quantitative estimate of drug-likeness (QED) is 0.453. The van der Waals surface area contributed by atoms with Crippen molar-refractivity contribution >= 4 is 18.7 Å². The van der Waals surface area contributed by atoms with Crippen molar-refractivity contribution in [3.05, 3.63) is 40.7 Å². The third kappa shape index (κ3) is 3.92. The van der Waals surface area contributed by atoms with Gasteiger partial charge in [-0.2, -0.15) is 0 Å². The zero-order chi connectivity index (χ0) is 19.6. The average Bonchev–Trinajstić information content (AvgIpc) is 3.03. The first-order valence-corrected chi connectivity index (χ1v) is 8.56. The largest absolute Gasteiger partial charge is 0.535 e. The second-order valence-corrected chi connectivity index (χ2v) is 6.52. The minimum atomic E-state index is -1.21. The lowest BCUT2D eigenvalue weighted by Gasteiger charge is -2.28. The number of rotatable bonds is 7. The Morgan fingerprint density at radius 1 is 1.33 bits per heavy atom. The summed E-state index contributed by atoms with van der Waals surface area (Å²) in [5.41, 5.74) is 1.67. The summed E-state index contributed by atoms with van der Waals surface area (Å²) in [6.45, 7) is 0.520. The maximum absolute atomic E-state index is 12.4. The summed E-state index contributed by atoms with van der Waals surface area (Å²) in [4.78, 5) is 24.1. The van der Waals surface area contributed by atoms with Gasteiger partial charge in [0.25, 0.3) is 0 Å². The van der Waals surface area contributed by atoms with E-state index in [-0.39, 0.29) is 42.5 Å². The smallest absolute Gasteiger partial charge is 0.526 e. The fourth-order valence-corrected chi connectivity index (χ4v) is 3.25. The maximum Gasteiger partial charge on any atom is 0.526 e. The zero-order valence-electron chi connectivity index (χ0n) is 14.8. The van der Waals surface area contributed by atoms with Crippen LogP contribution in [0.15, 0.2) is 18.2 Å². The van der Waals surface area contributed by atoms with Crippen LogP contribution in [0.4, 0.5) is 0 Å². The van der Waals surface area contributed by atoms with Gasteiger partial charge in [-0.3, -0.25) is 9.59 Å². The van der Waals surface area contributed by atoms with E-state index in [1.807, 2.05) is 0 Å². The summed E-state index contributed by atoms with van der Waals surface area (Å²) in [5, 5.41) is 36.3. The molecule has 2 aromatic rings. The van der Waals surface area contributed by atoms with E-state index in [0.717, 1.165) is 5.56 Å². The highest BCUT2D eigenvalue weighted by molar-refractivity contribution is 6.47. The van der Waals surface area contributed by atoms with Crippen LogP contribution >= 0.6 is 0 Å². The number of hydrogen-bond acceptors (Lipinski definition) is 8. The van der Waals surface area contributed by atoms with Crippen molar-refractivity contribution in [3.63, 3.8) is 0 Å². The van der Waals surface area contributed by atoms with Gasteiger partial charge >= 0.3 is 7.12 Å². The molecule has 0 saturated carbocycles. The zero-order valence-corrected chi connectivity index (χ0v) is 14.8. The molecule has 0 radical (unpaired) electrons. The number of nitrogens with zero attached hydrogens (tertiary/aromatic N) is 3. The summed E-state index contributed by atoms with van der Waals surface area (Å²) in [5.74, 6) is -0.480. The number of aliphatic hydroxyl groups excluding tert-OH is 2. The van der Waals surface area contributed by atoms with Gasteiger partial charge in [0.2, 0.25) is 0 Å². The van der Waals surface area contributed by atoms with Crippen molar-refractivity contribution in [1.82, 2.24) is 15.0 Å². The van der Waals surface area contributed by atoms with Crippen molar-refractivity contribution in [2.75, 3.05) is 0 Å². The van der Waals surface area contributed by atoms with Crippen molar-refractivity contribution in [2.45, 2.75) is 45.3 Å². The van der Waals surface area contributed by atoms with Crippen LogP contribution in [0.3, 0.4) is 0 Å². The molecule has 1 aromatic carbocycles. The van der Waals surface area contributed by atoms with Gasteiger partial charge in [0.1, 0.15) is 18.0 Å². The summed E-state index contributed by atoms with van der Waals surface area (Å²) in [6.07, 6.45) is 0.430. The third-order valence-corrected chi connectivity index (χ3v) is 4.63. The summed E-state index contributed by atoms with van der Waals surface area (Å²) >= 11 is 0. The van der Waals surface area contributed by atoms with Crippen LogP contribution in [0.25, 0.3) is 0 Å². The number of aliphatic hydroxyl groups is 2. The fourth-order valence-electron chi connectivity index (χ4n) is 3.25. The van der Waals surface area contributed by atoms with Gasteiger partial charge in [0.15, 0.2) is 11.6 Å². The van der Waals surface area contributed by atoms with Crippen LogP contribution in [-0.2, 0) is 31.0 Å². The Hall–Kier alpha value is -2.56. The van der Waals surface area contributed by atoms with E-state index < -0.39 is 19.5 Å². The Balaban J connectivity index is 1.71. The molecule has 0 bridgehead atoms. The minimum absolute atomic E-state index is 0.0318. The monoisotopic (exact) mass is 373 g/mol. The van der Waals surface area contributed by atoms with Crippen LogP contribution in [0.2, 0.25) is 5.82 Å². The number of carbonyl (C=O) groups is 2. The number of para-hydroxylation sites is 1. The van der Waals surface area contributed by atoms with E-state index in [1.165, 1.54) is 11.6 Å². The van der Waals surface area contributed by atoms with Crippen LogP contribution in [-0.4, -0.2) is 48.9 Å². The first-order chi connectivity index (χ1) is 12.9. The molecule has 9 nitrogen and oxygen atoms in total. The molecule has 142 valence electrons. The van der Waals surface area contributed by atoms with Gasteiger partial charge in [-0.1, -0.05) is 17.3 Å². The standard InChI is InChI=1S/C17H20BN3O6/c1-10(24)14-4-2-3-11-5-12(18(26)27-17(11)14)6-13(25)7-21-16(9-23)15(8-22)19-20-21/h2-4,12,22-23,26H,5-9H2,1H3/t12-/m1/s1. The van der Waals surface area contributed by atoms with E-state index in [4.69, 9.17) is 9.76 Å². The summed E-state index contributed by atoms with van der Waals surface area (Å²) in [6, 6.07) is 5.19. The van der Waals surface area contributed by atoms with Crippen molar-refractivity contribution in [2.24, 2.45) is 0 Å². The average molecular weight is 373 g/mol. The molecule has 0 saturated heterocycles. The molecule has 1 aromatic heterocycles. The number of carbonyl (C=O) groups excluding carboxylic acids is 2. The summed E-state index contributed by atoms with van der Waals surface area (Å²) in [7, 11) is -1.21. The molecule has 0 aliphatic carbocycles. The molecular formula is C17H20BN3O6. The Morgan fingerprint density at radius 3 is 2.78 bits per heavy atom. The van der Waals surface area contributed by atoms with Crippen molar-refractivity contribution < 1.29 is 29.5 Å². The van der Waals surface area contributed by atoms with Crippen LogP contribution in [0, 0.1) is 0 Å². The molecule has 27 heavy (non-hydrogen) atoms. The van der Waals surface area contributed by atoms with Crippen molar-refractivity contribution in [3.8, 4) is 5.75 Å². The molecule has 3 rings (SSSR count). The Kier molecular flexibility index (Phi) is 5.69. The second kappa shape index (κ2) is 7.99. The van der Waals surface area contributed by atoms with Gasteiger partial charge in [-0.15, -0.1) is 5.10 Å². The highest BCUT2D eigenvalue weighted by Gasteiger charge is 2.37. The predicted octanol–water partition coefficient (Wildman–Crippen LogP) is -0.0897. The fraction of sp³-hybridized carbons (Fsp3) is 0.412. The maximum atomic E-state index is 12.4. The van der Waals surface area contributed by atoms with E-state index in [9.17, 15) is 19.7 Å². The molecule has 1 aliphatic rings. The lowest BCUT2D eigenvalue weighted by Crippen LogP contribution is -2.36. The van der Waals surface area contributed by atoms with Gasteiger partial charge < -0.3 is 19.9 Å². The molecule has 3 N–H and O–H groups in total. The molecule has 0 amide bonds. The highest BCUT2D eigenvalue weighted by atomic mass is 16.5. The summed E-state index contributed by atoms with van der Waals surface area (Å²) < 4.78 is 6.77. The molecule has 1 aliphatic heterocycles. The van der Waals surface area contributed by atoms with Gasteiger partial charge in [-0.05, 0) is 25.0 Å².